The van der Waals surface area contributed by atoms with E-state index in [2.05, 4.69) is 74.7 Å². The van der Waals surface area contributed by atoms with Gasteiger partial charge in [-0.3, -0.25) is 18.6 Å². The number of carbonyl (C=O) groups excluding carboxylic acids is 2. The average Bonchev–Trinajstić information content (AvgIpc) is 3.33. The van der Waals surface area contributed by atoms with Gasteiger partial charge in [0.1, 0.15) is 19.3 Å². The van der Waals surface area contributed by atoms with Crippen LogP contribution in [-0.4, -0.2) is 74.3 Å². The van der Waals surface area contributed by atoms with E-state index < -0.39 is 20.0 Å². The van der Waals surface area contributed by atoms with Gasteiger partial charge in [0.05, 0.1) is 33.8 Å². The fraction of sp³-hybridized carbons (Fsp3) is 0.803. The van der Waals surface area contributed by atoms with Crippen LogP contribution in [0.25, 0.3) is 0 Å². The van der Waals surface area contributed by atoms with Crippen LogP contribution in [0.1, 0.15) is 265 Å². The summed E-state index contributed by atoms with van der Waals surface area (Å²) < 4.78 is 30.6. The van der Waals surface area contributed by atoms with Crippen LogP contribution in [0.2, 0.25) is 0 Å². The van der Waals surface area contributed by atoms with Crippen molar-refractivity contribution >= 4 is 19.7 Å². The number of nitrogens with one attached hydrogen (secondary N) is 1. The lowest BCUT2D eigenvalue weighted by Crippen LogP contribution is -2.47. The van der Waals surface area contributed by atoms with Crippen molar-refractivity contribution < 1.29 is 37.3 Å². The summed E-state index contributed by atoms with van der Waals surface area (Å²) >= 11 is 0. The Balaban J connectivity index is 5.21. The van der Waals surface area contributed by atoms with Gasteiger partial charge in [0.15, 0.2) is 0 Å². The van der Waals surface area contributed by atoms with E-state index in [0.29, 0.717) is 23.9 Å². The summed E-state index contributed by atoms with van der Waals surface area (Å²) in [6, 6.07) is -0.856. The Morgan fingerprint density at radius 2 is 0.915 bits per heavy atom. The first kappa shape index (κ1) is 68.7. The van der Waals surface area contributed by atoms with Gasteiger partial charge < -0.3 is 19.4 Å². The van der Waals surface area contributed by atoms with Crippen molar-refractivity contribution in [3.63, 3.8) is 0 Å². The summed E-state index contributed by atoms with van der Waals surface area (Å²) in [4.78, 5) is 37.6. The van der Waals surface area contributed by atoms with Crippen LogP contribution >= 0.6 is 7.82 Å². The number of unbranched alkanes of at least 4 members (excludes halogenated alkanes) is 31. The number of phosphoric acid groups is 1. The average molecular weight is 1020 g/mol. The van der Waals surface area contributed by atoms with Crippen LogP contribution < -0.4 is 5.32 Å². The van der Waals surface area contributed by atoms with Crippen molar-refractivity contribution in [2.24, 2.45) is 0 Å². The van der Waals surface area contributed by atoms with E-state index in [9.17, 15) is 19.0 Å². The number of carbonyl (C=O) groups is 2. The molecule has 10 heteroatoms. The lowest BCUT2D eigenvalue weighted by Gasteiger charge is -2.27. The molecule has 0 radical (unpaired) electrons. The Morgan fingerprint density at radius 1 is 0.507 bits per heavy atom. The Morgan fingerprint density at radius 3 is 1.38 bits per heavy atom. The molecule has 0 spiro atoms. The highest BCUT2D eigenvalue weighted by Gasteiger charge is 2.30. The lowest BCUT2D eigenvalue weighted by atomic mass is 10.0. The SMILES string of the molecule is CC/C=C/C=C/C=C\CCCCCCCC(=O)OC(/C=C\CCCCCCCCCCC)C(COP(=O)(O)OCC[N+](C)(C)C)NC(=O)CCCCCCCCCCCCC/C=C/CCCCCCCC. The van der Waals surface area contributed by atoms with E-state index in [4.69, 9.17) is 13.8 Å². The summed E-state index contributed by atoms with van der Waals surface area (Å²) in [6.45, 7) is 6.86. The summed E-state index contributed by atoms with van der Waals surface area (Å²) in [5.41, 5.74) is 0. The summed E-state index contributed by atoms with van der Waals surface area (Å²) in [5.74, 6) is -0.528. The van der Waals surface area contributed by atoms with Gasteiger partial charge in [0.25, 0.3) is 0 Å². The maximum atomic E-state index is 13.5. The second-order valence-corrected chi connectivity index (χ2v) is 22.7. The topological polar surface area (TPSA) is 111 Å². The molecule has 1 amide bonds. The van der Waals surface area contributed by atoms with Crippen LogP contribution in [-0.2, 0) is 27.9 Å². The van der Waals surface area contributed by atoms with Crippen LogP contribution in [0, 0.1) is 0 Å². The second kappa shape index (κ2) is 51.2. The fourth-order valence-electron chi connectivity index (χ4n) is 8.41. The molecule has 0 aromatic carbocycles. The standard InChI is InChI=1S/C61H113N2O7P/c1-7-10-13-16-19-22-25-27-28-29-30-31-32-33-34-36-38-41-44-47-50-53-60(64)62-58(57-69-71(66,67)68-56-55-63(4,5)6)59(52-49-46-43-40-37-24-21-18-15-12-9-3)70-61(65)54-51-48-45-42-39-35-26-23-20-17-14-11-8-2/h11,14,17,20,23,26-28,49,52,58-59H,7-10,12-13,15-16,18-19,21-22,24-25,29-48,50-51,53-57H2,1-6H3,(H-,62,64,66,67)/p+1/b14-11+,20-17+,26-23-,28-27+,52-49-. The normalized spacial score (nSPS) is 14.2. The van der Waals surface area contributed by atoms with E-state index >= 15 is 0 Å². The van der Waals surface area contributed by atoms with E-state index in [1.807, 2.05) is 33.3 Å². The first-order valence-electron chi connectivity index (χ1n) is 29.6. The van der Waals surface area contributed by atoms with Crippen molar-refractivity contribution in [1.82, 2.24) is 5.32 Å². The molecule has 0 aromatic rings. The van der Waals surface area contributed by atoms with Gasteiger partial charge >= 0.3 is 13.8 Å². The Hall–Kier alpha value is -2.29. The minimum atomic E-state index is -4.45. The molecular formula is C61H114N2O7P+. The quantitative estimate of drug-likeness (QED) is 0.0156. The number of phosphoric ester groups is 1. The van der Waals surface area contributed by atoms with Crippen molar-refractivity contribution in [2.75, 3.05) is 40.9 Å². The molecule has 0 aliphatic rings. The van der Waals surface area contributed by atoms with Crippen LogP contribution in [0.4, 0.5) is 0 Å². The first-order valence-corrected chi connectivity index (χ1v) is 31.1. The minimum Gasteiger partial charge on any atom is -0.456 e. The molecule has 0 fully saturated rings. The molecule has 0 saturated carbocycles. The predicted molar refractivity (Wildman–Crippen MR) is 305 cm³/mol. The zero-order chi connectivity index (χ0) is 52.2. The Labute approximate surface area is 439 Å². The number of nitrogens with zero attached hydrogens (tertiary/aromatic N) is 1. The largest absolute Gasteiger partial charge is 0.472 e. The molecule has 0 heterocycles. The maximum Gasteiger partial charge on any atom is 0.472 e. The Bertz CT molecular complexity index is 1400. The third kappa shape index (κ3) is 52.4. The number of likely N-dealkylation sites (N-methyl/N-ethyl adjacent to an activating group) is 1. The molecule has 414 valence electrons. The number of ether oxygens (including phenoxy) is 1. The van der Waals surface area contributed by atoms with Crippen LogP contribution in [0.5, 0.6) is 0 Å². The molecular weight excluding hydrogens is 904 g/mol. The molecule has 0 aliphatic carbocycles. The zero-order valence-electron chi connectivity index (χ0n) is 47.2. The summed E-state index contributed by atoms with van der Waals surface area (Å²) in [5, 5.41) is 3.04. The second-order valence-electron chi connectivity index (χ2n) is 21.2. The third-order valence-corrected chi connectivity index (χ3v) is 14.0. The minimum absolute atomic E-state index is 0.0355. The van der Waals surface area contributed by atoms with E-state index in [1.54, 1.807) is 0 Å². The Kier molecular flexibility index (Phi) is 49.6. The molecule has 0 rings (SSSR count). The maximum absolute atomic E-state index is 13.5. The molecule has 3 unspecified atom stereocenters. The van der Waals surface area contributed by atoms with E-state index in [1.165, 1.54) is 148 Å². The molecule has 2 N–H and O–H groups in total. The number of rotatable bonds is 53. The molecule has 0 saturated heterocycles. The van der Waals surface area contributed by atoms with Gasteiger partial charge in [-0.15, -0.1) is 0 Å². The highest BCUT2D eigenvalue weighted by atomic mass is 31.2. The fourth-order valence-corrected chi connectivity index (χ4v) is 9.14. The van der Waals surface area contributed by atoms with Gasteiger partial charge in [-0.25, -0.2) is 4.57 Å². The third-order valence-electron chi connectivity index (χ3n) is 13.0. The zero-order valence-corrected chi connectivity index (χ0v) is 48.1. The highest BCUT2D eigenvalue weighted by Crippen LogP contribution is 2.43. The van der Waals surface area contributed by atoms with Crippen molar-refractivity contribution in [1.29, 1.82) is 0 Å². The van der Waals surface area contributed by atoms with Crippen molar-refractivity contribution in [3.8, 4) is 0 Å². The van der Waals surface area contributed by atoms with Crippen molar-refractivity contribution in [3.05, 3.63) is 60.8 Å². The number of amides is 1. The molecule has 0 aromatic heterocycles. The van der Waals surface area contributed by atoms with Crippen LogP contribution in [0.15, 0.2) is 60.8 Å². The first-order chi connectivity index (χ1) is 34.4. The van der Waals surface area contributed by atoms with Gasteiger partial charge in [-0.2, -0.15) is 0 Å². The monoisotopic (exact) mass is 1020 g/mol. The molecule has 9 nitrogen and oxygen atoms in total. The molecule has 0 aliphatic heterocycles. The number of esters is 1. The van der Waals surface area contributed by atoms with E-state index in [0.717, 1.165) is 77.0 Å². The van der Waals surface area contributed by atoms with Crippen LogP contribution in [0.3, 0.4) is 0 Å². The van der Waals surface area contributed by atoms with Gasteiger partial charge in [0.2, 0.25) is 5.91 Å². The van der Waals surface area contributed by atoms with Crippen molar-refractivity contribution in [2.45, 2.75) is 277 Å². The van der Waals surface area contributed by atoms with Gasteiger partial charge in [-0.1, -0.05) is 236 Å². The molecule has 0 bridgehead atoms. The van der Waals surface area contributed by atoms with E-state index in [-0.39, 0.29) is 31.5 Å². The molecule has 71 heavy (non-hydrogen) atoms. The highest BCUT2D eigenvalue weighted by molar-refractivity contribution is 7.47. The number of hydrogen-bond donors (Lipinski definition) is 2. The lowest BCUT2D eigenvalue weighted by molar-refractivity contribution is -0.870. The van der Waals surface area contributed by atoms with Gasteiger partial charge in [-0.05, 0) is 76.7 Å². The summed E-state index contributed by atoms with van der Waals surface area (Å²) in [6.07, 6.45) is 63.6. The number of allylic oxidation sites excluding steroid dienone is 9. The smallest absolute Gasteiger partial charge is 0.456 e. The molecule has 3 atom stereocenters. The van der Waals surface area contributed by atoms with Gasteiger partial charge in [0, 0.05) is 12.8 Å². The number of quaternary nitrogens is 1. The number of hydrogen-bond acceptors (Lipinski definition) is 6. The summed E-state index contributed by atoms with van der Waals surface area (Å²) in [7, 11) is 1.48. The predicted octanol–water partition coefficient (Wildman–Crippen LogP) is 17.9.